The monoisotopic (exact) mass is 232 g/mol. The summed E-state index contributed by atoms with van der Waals surface area (Å²) in [6.07, 6.45) is 3.28. The van der Waals surface area contributed by atoms with E-state index in [9.17, 15) is 4.79 Å². The Labute approximate surface area is 97.8 Å². The van der Waals surface area contributed by atoms with E-state index in [0.717, 1.165) is 0 Å². The van der Waals surface area contributed by atoms with Crippen LogP contribution in [0.15, 0.2) is 30.6 Å². The van der Waals surface area contributed by atoms with E-state index in [4.69, 9.17) is 16.2 Å². The van der Waals surface area contributed by atoms with Crippen molar-refractivity contribution in [3.63, 3.8) is 0 Å². The molecule has 0 aliphatic carbocycles. The molecule has 0 aliphatic heterocycles. The molecule has 1 heterocycles. The largest absolute Gasteiger partial charge is 0.452 e. The first-order valence-electron chi connectivity index (χ1n) is 4.92. The average molecular weight is 232 g/mol. The molecule has 0 saturated carbocycles. The molecule has 0 aliphatic rings. The fourth-order valence-corrected chi connectivity index (χ4v) is 1.37. The van der Waals surface area contributed by atoms with Gasteiger partial charge in [-0.3, -0.25) is 9.48 Å². The van der Waals surface area contributed by atoms with E-state index in [1.165, 1.54) is 6.07 Å². The lowest BCUT2D eigenvalue weighted by Crippen LogP contribution is -2.11. The van der Waals surface area contributed by atoms with Crippen molar-refractivity contribution in [3.8, 4) is 11.5 Å². The second kappa shape index (κ2) is 4.17. The number of amides is 1. The molecule has 2 rings (SSSR count). The molecular weight excluding hydrogens is 220 g/mol. The Balaban J connectivity index is 2.25. The number of nitrogens with two attached hydrogens (primary N) is 2. The third-order valence-electron chi connectivity index (χ3n) is 2.20. The van der Waals surface area contributed by atoms with Gasteiger partial charge in [0.25, 0.3) is 0 Å². The third kappa shape index (κ3) is 2.36. The van der Waals surface area contributed by atoms with Crippen LogP contribution in [-0.2, 0) is 7.05 Å². The zero-order valence-electron chi connectivity index (χ0n) is 9.25. The predicted octanol–water partition coefficient (Wildman–Crippen LogP) is 0.894. The number of carbonyl (C=O) groups excluding carboxylic acids is 1. The van der Waals surface area contributed by atoms with Crippen LogP contribution in [0, 0.1) is 0 Å². The van der Waals surface area contributed by atoms with E-state index < -0.39 is 5.91 Å². The van der Waals surface area contributed by atoms with Gasteiger partial charge in [0.05, 0.1) is 18.1 Å². The Morgan fingerprint density at radius 1 is 1.47 bits per heavy atom. The van der Waals surface area contributed by atoms with Gasteiger partial charge in [0, 0.05) is 12.6 Å². The summed E-state index contributed by atoms with van der Waals surface area (Å²) in [6, 6.07) is 4.64. The van der Waals surface area contributed by atoms with Crippen molar-refractivity contribution >= 4 is 11.6 Å². The summed E-state index contributed by atoms with van der Waals surface area (Å²) < 4.78 is 7.12. The van der Waals surface area contributed by atoms with Crippen molar-refractivity contribution in [1.82, 2.24) is 9.78 Å². The van der Waals surface area contributed by atoms with Crippen molar-refractivity contribution in [2.24, 2.45) is 12.8 Å². The third-order valence-corrected chi connectivity index (χ3v) is 2.20. The van der Waals surface area contributed by atoms with Crippen molar-refractivity contribution in [1.29, 1.82) is 0 Å². The summed E-state index contributed by atoms with van der Waals surface area (Å²) in [7, 11) is 1.78. The van der Waals surface area contributed by atoms with Crippen LogP contribution < -0.4 is 16.2 Å². The number of ether oxygens (including phenoxy) is 1. The number of aromatic nitrogens is 2. The molecule has 88 valence electrons. The highest BCUT2D eigenvalue weighted by molar-refractivity contribution is 5.94. The van der Waals surface area contributed by atoms with Gasteiger partial charge in [-0.25, -0.2) is 0 Å². The quantitative estimate of drug-likeness (QED) is 0.768. The van der Waals surface area contributed by atoms with E-state index in [0.29, 0.717) is 22.7 Å². The molecule has 17 heavy (non-hydrogen) atoms. The lowest BCUT2D eigenvalue weighted by Gasteiger charge is -2.07. The number of anilines is 1. The Bertz CT molecular complexity index is 562. The summed E-state index contributed by atoms with van der Waals surface area (Å²) in [6.45, 7) is 0. The highest BCUT2D eigenvalue weighted by Gasteiger charge is 2.07. The summed E-state index contributed by atoms with van der Waals surface area (Å²) >= 11 is 0. The molecule has 6 heteroatoms. The number of nitrogens with zero attached hydrogens (tertiary/aromatic N) is 2. The SMILES string of the molecule is Cn1cc(Oc2ccc(C(N)=O)cc2N)cn1. The van der Waals surface area contributed by atoms with E-state index >= 15 is 0 Å². The fraction of sp³-hybridized carbons (Fsp3) is 0.0909. The number of rotatable bonds is 3. The van der Waals surface area contributed by atoms with Crippen molar-refractivity contribution in [2.45, 2.75) is 0 Å². The summed E-state index contributed by atoms with van der Waals surface area (Å²) in [5.74, 6) is 0.513. The minimum Gasteiger partial charge on any atom is -0.452 e. The van der Waals surface area contributed by atoms with Crippen LogP contribution in [0.5, 0.6) is 11.5 Å². The maximum absolute atomic E-state index is 10.9. The molecule has 1 amide bonds. The topological polar surface area (TPSA) is 96.2 Å². The first-order chi connectivity index (χ1) is 8.06. The number of carbonyl (C=O) groups is 1. The molecule has 0 bridgehead atoms. The Kier molecular flexibility index (Phi) is 2.70. The maximum atomic E-state index is 10.9. The van der Waals surface area contributed by atoms with Gasteiger partial charge in [-0.05, 0) is 18.2 Å². The number of hydrogen-bond acceptors (Lipinski definition) is 4. The molecule has 0 atom stereocenters. The summed E-state index contributed by atoms with van der Waals surface area (Å²) in [5, 5.41) is 3.96. The Hall–Kier alpha value is -2.50. The lowest BCUT2D eigenvalue weighted by molar-refractivity contribution is 0.100. The zero-order chi connectivity index (χ0) is 12.4. The molecule has 0 saturated heterocycles. The molecule has 0 radical (unpaired) electrons. The second-order valence-corrected chi connectivity index (χ2v) is 3.57. The van der Waals surface area contributed by atoms with Crippen LogP contribution in [0.4, 0.5) is 5.69 Å². The van der Waals surface area contributed by atoms with Gasteiger partial charge in [-0.1, -0.05) is 0 Å². The van der Waals surface area contributed by atoms with Crippen LogP contribution in [0.25, 0.3) is 0 Å². The summed E-state index contributed by atoms with van der Waals surface area (Å²) in [5.41, 5.74) is 11.6. The van der Waals surface area contributed by atoms with Crippen LogP contribution in [0.1, 0.15) is 10.4 Å². The van der Waals surface area contributed by atoms with Gasteiger partial charge in [0.2, 0.25) is 5.91 Å². The molecule has 0 fully saturated rings. The standard InChI is InChI=1S/C11H12N4O2/c1-15-6-8(5-14-15)17-10-3-2-7(11(13)16)4-9(10)12/h2-6H,12H2,1H3,(H2,13,16). The molecule has 4 N–H and O–H groups in total. The van der Waals surface area contributed by atoms with Gasteiger partial charge in [-0.2, -0.15) is 5.10 Å². The fourth-order valence-electron chi connectivity index (χ4n) is 1.37. The zero-order valence-corrected chi connectivity index (χ0v) is 9.25. The van der Waals surface area contributed by atoms with Gasteiger partial charge in [0.1, 0.15) is 0 Å². The maximum Gasteiger partial charge on any atom is 0.248 e. The highest BCUT2D eigenvalue weighted by atomic mass is 16.5. The number of primary amides is 1. The van der Waals surface area contributed by atoms with E-state index in [2.05, 4.69) is 5.10 Å². The normalized spacial score (nSPS) is 10.2. The molecule has 6 nitrogen and oxygen atoms in total. The van der Waals surface area contributed by atoms with Crippen LogP contribution in [0.2, 0.25) is 0 Å². The van der Waals surface area contributed by atoms with Crippen LogP contribution in [-0.4, -0.2) is 15.7 Å². The minimum atomic E-state index is -0.523. The average Bonchev–Trinajstić information content (AvgIpc) is 2.67. The van der Waals surface area contributed by atoms with Gasteiger partial charge in [0.15, 0.2) is 11.5 Å². The number of hydrogen-bond donors (Lipinski definition) is 2. The van der Waals surface area contributed by atoms with Crippen molar-refractivity contribution < 1.29 is 9.53 Å². The number of aryl methyl sites for hydroxylation is 1. The van der Waals surface area contributed by atoms with E-state index in [1.807, 2.05) is 0 Å². The first-order valence-corrected chi connectivity index (χ1v) is 4.92. The molecule has 0 spiro atoms. The van der Waals surface area contributed by atoms with Crippen LogP contribution >= 0.6 is 0 Å². The predicted molar refractivity (Wildman–Crippen MR) is 62.7 cm³/mol. The number of benzene rings is 1. The van der Waals surface area contributed by atoms with Crippen molar-refractivity contribution in [3.05, 3.63) is 36.2 Å². The first kappa shape index (κ1) is 11.0. The highest BCUT2D eigenvalue weighted by Crippen LogP contribution is 2.27. The molecule has 0 unspecified atom stereocenters. The van der Waals surface area contributed by atoms with Gasteiger partial charge in [-0.15, -0.1) is 0 Å². The van der Waals surface area contributed by atoms with E-state index in [1.54, 1.807) is 36.3 Å². The molecule has 1 aromatic heterocycles. The van der Waals surface area contributed by atoms with Crippen molar-refractivity contribution in [2.75, 3.05) is 5.73 Å². The molecule has 1 aromatic carbocycles. The van der Waals surface area contributed by atoms with Gasteiger partial charge >= 0.3 is 0 Å². The van der Waals surface area contributed by atoms with Gasteiger partial charge < -0.3 is 16.2 Å². The lowest BCUT2D eigenvalue weighted by atomic mass is 10.2. The Morgan fingerprint density at radius 2 is 2.24 bits per heavy atom. The second-order valence-electron chi connectivity index (χ2n) is 3.57. The number of nitrogen functional groups attached to an aromatic ring is 1. The molecular formula is C11H12N4O2. The smallest absolute Gasteiger partial charge is 0.248 e. The van der Waals surface area contributed by atoms with E-state index in [-0.39, 0.29) is 0 Å². The summed E-state index contributed by atoms with van der Waals surface area (Å²) in [4.78, 5) is 10.9. The molecule has 2 aromatic rings. The minimum absolute atomic E-state index is 0.348. The van der Waals surface area contributed by atoms with Crippen LogP contribution in [0.3, 0.4) is 0 Å². The Morgan fingerprint density at radius 3 is 2.76 bits per heavy atom.